The number of sulfone groups is 1. The molecule has 238 valence electrons. The highest BCUT2D eigenvalue weighted by Gasteiger charge is 2.25. The molecule has 2 N–H and O–H groups in total. The number of benzene rings is 2. The molecule has 45 heavy (non-hydrogen) atoms. The van der Waals surface area contributed by atoms with Crippen LogP contribution in [0.3, 0.4) is 0 Å². The molecule has 0 unspecified atom stereocenters. The predicted molar refractivity (Wildman–Crippen MR) is 178 cm³/mol. The number of carbonyl (C=O) groups excluding carboxylic acids is 1. The lowest BCUT2D eigenvalue weighted by atomic mass is 9.91. The van der Waals surface area contributed by atoms with Gasteiger partial charge < -0.3 is 15.4 Å². The Labute approximate surface area is 266 Å². The predicted octanol–water partition coefficient (Wildman–Crippen LogP) is 7.09. The van der Waals surface area contributed by atoms with E-state index in [1.807, 2.05) is 52.9 Å². The molecule has 0 radical (unpaired) electrons. The molecule has 0 spiro atoms. The van der Waals surface area contributed by atoms with E-state index in [1.165, 1.54) is 0 Å². The highest BCUT2D eigenvalue weighted by atomic mass is 32.2. The zero-order chi connectivity index (χ0) is 32.4. The molecule has 10 heteroatoms. The van der Waals surface area contributed by atoms with Crippen LogP contribution in [0.15, 0.2) is 59.6 Å². The first-order valence-electron chi connectivity index (χ1n) is 15.6. The lowest BCUT2D eigenvalue weighted by molar-refractivity contribution is 0.0492. The number of ether oxygens (including phenoxy) is 1. The van der Waals surface area contributed by atoms with E-state index in [4.69, 9.17) is 9.72 Å². The molecule has 1 fully saturated rings. The fourth-order valence-electron chi connectivity index (χ4n) is 5.84. The molecular formula is C35H43N5O4S. The Bertz CT molecular complexity index is 1810. The molecule has 0 saturated heterocycles. The van der Waals surface area contributed by atoms with Crippen molar-refractivity contribution in [2.75, 3.05) is 5.32 Å². The van der Waals surface area contributed by atoms with Crippen LogP contribution in [0, 0.1) is 13.8 Å². The Morgan fingerprint density at radius 2 is 1.71 bits per heavy atom. The number of hydrogen-bond donors (Lipinski definition) is 2. The van der Waals surface area contributed by atoms with Gasteiger partial charge in [-0.1, -0.05) is 25.1 Å². The number of alkyl carbamates (subject to hydrolysis) is 1. The second kappa shape index (κ2) is 13.1. The molecule has 4 aromatic rings. The molecule has 5 rings (SSSR count). The Morgan fingerprint density at radius 1 is 0.978 bits per heavy atom. The summed E-state index contributed by atoms with van der Waals surface area (Å²) in [7, 11) is -3.51. The minimum Gasteiger partial charge on any atom is -0.444 e. The number of carbonyl (C=O) groups is 1. The molecule has 1 aliphatic carbocycles. The molecule has 2 heterocycles. The standard InChI is InChI=1S/C35H43N5O4S/c1-7-24-18-25(31-16-15-29(37-23(31)3)21-45(42,43)30-10-8-9-22(2)17-30)19-26-20-36-33(40-32(24)26)38-27-11-13-28(14-12-27)39-34(41)44-35(4,5)6/h8-10,15-20,27-28H,7,11-14,21H2,1-6H3,(H,39,41)(H,36,38,40). The Kier molecular flexibility index (Phi) is 9.44. The van der Waals surface area contributed by atoms with Crippen LogP contribution >= 0.6 is 0 Å². The number of pyridine rings is 1. The molecular weight excluding hydrogens is 586 g/mol. The van der Waals surface area contributed by atoms with Gasteiger partial charge in [0.15, 0.2) is 9.84 Å². The number of fused-ring (bicyclic) bond motifs is 1. The number of aromatic nitrogens is 3. The quantitative estimate of drug-likeness (QED) is 0.212. The van der Waals surface area contributed by atoms with E-state index in [9.17, 15) is 13.2 Å². The van der Waals surface area contributed by atoms with Crippen molar-refractivity contribution in [2.45, 2.75) is 102 Å². The highest BCUT2D eigenvalue weighted by molar-refractivity contribution is 7.90. The van der Waals surface area contributed by atoms with E-state index in [2.05, 4.69) is 39.7 Å². The Hall–Kier alpha value is -4.05. The molecule has 2 aromatic heterocycles. The second-order valence-corrected chi connectivity index (χ2v) is 15.0. The van der Waals surface area contributed by atoms with Crippen molar-refractivity contribution < 1.29 is 17.9 Å². The van der Waals surface area contributed by atoms with Gasteiger partial charge in [-0.25, -0.2) is 23.2 Å². The Morgan fingerprint density at radius 3 is 2.38 bits per heavy atom. The molecule has 1 aliphatic rings. The number of hydrogen-bond acceptors (Lipinski definition) is 8. The third-order valence-electron chi connectivity index (χ3n) is 8.07. The van der Waals surface area contributed by atoms with Crippen LogP contribution in [-0.4, -0.2) is 47.1 Å². The van der Waals surface area contributed by atoms with Gasteiger partial charge >= 0.3 is 6.09 Å². The average Bonchev–Trinajstić information content (AvgIpc) is 2.96. The summed E-state index contributed by atoms with van der Waals surface area (Å²) < 4.78 is 31.4. The molecule has 9 nitrogen and oxygen atoms in total. The van der Waals surface area contributed by atoms with Crippen molar-refractivity contribution in [3.05, 3.63) is 77.2 Å². The van der Waals surface area contributed by atoms with Gasteiger partial charge in [0.1, 0.15) is 5.60 Å². The van der Waals surface area contributed by atoms with Gasteiger partial charge in [0, 0.05) is 34.9 Å². The first-order valence-corrected chi connectivity index (χ1v) is 17.3. The average molecular weight is 630 g/mol. The maximum absolute atomic E-state index is 13.0. The summed E-state index contributed by atoms with van der Waals surface area (Å²) in [6, 6.07) is 15.3. The topological polar surface area (TPSA) is 123 Å². The Balaban J connectivity index is 1.28. The van der Waals surface area contributed by atoms with Crippen LogP contribution in [0.5, 0.6) is 0 Å². The van der Waals surface area contributed by atoms with Gasteiger partial charge in [-0.2, -0.15) is 0 Å². The van der Waals surface area contributed by atoms with Crippen LogP contribution in [-0.2, 0) is 26.7 Å². The maximum atomic E-state index is 13.0. The summed E-state index contributed by atoms with van der Waals surface area (Å²) in [4.78, 5) is 26.7. The smallest absolute Gasteiger partial charge is 0.407 e. The summed E-state index contributed by atoms with van der Waals surface area (Å²) >= 11 is 0. The van der Waals surface area contributed by atoms with Crippen LogP contribution in [0.1, 0.15) is 75.9 Å². The van der Waals surface area contributed by atoms with Crippen LogP contribution < -0.4 is 10.6 Å². The monoisotopic (exact) mass is 629 g/mol. The SMILES string of the molecule is CCc1cc(-c2ccc(CS(=O)(=O)c3cccc(C)c3)nc2C)cc2cnc(NC3CCC(NC(=O)OC(C)(C)C)CC3)nc12. The second-order valence-electron chi connectivity index (χ2n) is 13.0. The first-order chi connectivity index (χ1) is 21.3. The van der Waals surface area contributed by atoms with Gasteiger partial charge in [0.2, 0.25) is 5.95 Å². The minimum absolute atomic E-state index is 0.102. The molecule has 0 atom stereocenters. The molecule has 1 amide bonds. The fraction of sp³-hybridized carbons (Fsp3) is 0.429. The van der Waals surface area contributed by atoms with E-state index in [-0.39, 0.29) is 23.9 Å². The zero-order valence-corrected chi connectivity index (χ0v) is 27.8. The largest absolute Gasteiger partial charge is 0.444 e. The number of aryl methyl sites for hydroxylation is 3. The van der Waals surface area contributed by atoms with Crippen molar-refractivity contribution >= 4 is 32.8 Å². The first kappa shape index (κ1) is 32.3. The summed E-state index contributed by atoms with van der Waals surface area (Å²) in [6.45, 7) is 11.5. The minimum atomic E-state index is -3.51. The fourth-order valence-corrected chi connectivity index (χ4v) is 7.21. The van der Waals surface area contributed by atoms with Crippen molar-refractivity contribution in [2.24, 2.45) is 0 Å². The van der Waals surface area contributed by atoms with Crippen LogP contribution in [0.25, 0.3) is 22.0 Å². The lowest BCUT2D eigenvalue weighted by Crippen LogP contribution is -2.42. The van der Waals surface area contributed by atoms with E-state index in [1.54, 1.807) is 24.3 Å². The summed E-state index contributed by atoms with van der Waals surface area (Å²) in [5, 5.41) is 7.43. The van der Waals surface area contributed by atoms with E-state index >= 15 is 0 Å². The summed E-state index contributed by atoms with van der Waals surface area (Å²) in [5.74, 6) is 0.451. The van der Waals surface area contributed by atoms with E-state index in [0.717, 1.165) is 71.0 Å². The van der Waals surface area contributed by atoms with Crippen LogP contribution in [0.4, 0.5) is 10.7 Å². The van der Waals surface area contributed by atoms with Gasteiger partial charge in [-0.15, -0.1) is 0 Å². The number of amides is 1. The van der Waals surface area contributed by atoms with E-state index in [0.29, 0.717) is 16.5 Å². The third kappa shape index (κ3) is 8.16. The van der Waals surface area contributed by atoms with Crippen molar-refractivity contribution in [1.82, 2.24) is 20.3 Å². The van der Waals surface area contributed by atoms with Gasteiger partial charge in [-0.3, -0.25) is 4.98 Å². The number of nitrogens with zero attached hydrogens (tertiary/aromatic N) is 3. The molecule has 0 bridgehead atoms. The van der Waals surface area contributed by atoms with Gasteiger partial charge in [0.25, 0.3) is 0 Å². The molecule has 1 saturated carbocycles. The molecule has 2 aromatic carbocycles. The van der Waals surface area contributed by atoms with Gasteiger partial charge in [-0.05, 0) is 114 Å². The normalized spacial score (nSPS) is 17.2. The van der Waals surface area contributed by atoms with Crippen molar-refractivity contribution in [3.8, 4) is 11.1 Å². The summed E-state index contributed by atoms with van der Waals surface area (Å²) in [5.41, 5.74) is 5.63. The van der Waals surface area contributed by atoms with E-state index < -0.39 is 15.4 Å². The number of rotatable bonds is 8. The number of anilines is 1. The molecule has 0 aliphatic heterocycles. The zero-order valence-electron chi connectivity index (χ0n) is 27.0. The summed E-state index contributed by atoms with van der Waals surface area (Å²) in [6.07, 6.45) is 5.80. The highest BCUT2D eigenvalue weighted by Crippen LogP contribution is 2.30. The number of nitrogens with one attached hydrogen (secondary N) is 2. The van der Waals surface area contributed by atoms with Crippen LogP contribution in [0.2, 0.25) is 0 Å². The van der Waals surface area contributed by atoms with Crippen molar-refractivity contribution in [1.29, 1.82) is 0 Å². The van der Waals surface area contributed by atoms with Gasteiger partial charge in [0.05, 0.1) is 21.9 Å². The third-order valence-corrected chi connectivity index (χ3v) is 9.71. The lowest BCUT2D eigenvalue weighted by Gasteiger charge is -2.30. The maximum Gasteiger partial charge on any atom is 0.407 e. The van der Waals surface area contributed by atoms with Crippen molar-refractivity contribution in [3.63, 3.8) is 0 Å².